The van der Waals surface area contributed by atoms with E-state index in [4.69, 9.17) is 4.74 Å². The van der Waals surface area contributed by atoms with Gasteiger partial charge in [0, 0.05) is 18.7 Å². The van der Waals surface area contributed by atoms with Crippen molar-refractivity contribution in [1.29, 1.82) is 0 Å². The second kappa shape index (κ2) is 8.04. The second-order valence-electron chi connectivity index (χ2n) is 10.5. The highest BCUT2D eigenvalue weighted by atomic mass is 16.5. The summed E-state index contributed by atoms with van der Waals surface area (Å²) in [6.07, 6.45) is 3.18. The van der Waals surface area contributed by atoms with Crippen molar-refractivity contribution in [2.75, 3.05) is 16.3 Å². The van der Waals surface area contributed by atoms with Crippen molar-refractivity contribution < 1.29 is 23.9 Å². The number of esters is 1. The molecule has 0 radical (unpaired) electrons. The maximum Gasteiger partial charge on any atom is 0.316 e. The van der Waals surface area contributed by atoms with Gasteiger partial charge in [0.05, 0.1) is 23.4 Å². The lowest BCUT2D eigenvalue weighted by molar-refractivity contribution is -0.139. The van der Waals surface area contributed by atoms with Gasteiger partial charge in [-0.15, -0.1) is 0 Å². The maximum atomic E-state index is 13.2. The van der Waals surface area contributed by atoms with Crippen molar-refractivity contribution in [2.24, 2.45) is 29.6 Å². The van der Waals surface area contributed by atoms with E-state index in [-0.39, 0.29) is 42.5 Å². The van der Waals surface area contributed by atoms with Gasteiger partial charge in [-0.3, -0.25) is 19.2 Å². The van der Waals surface area contributed by atoms with E-state index in [2.05, 4.69) is 0 Å². The molecule has 3 amide bonds. The Morgan fingerprint density at radius 3 is 2.23 bits per heavy atom. The van der Waals surface area contributed by atoms with E-state index in [1.165, 1.54) is 4.90 Å². The van der Waals surface area contributed by atoms with E-state index in [1.807, 2.05) is 38.1 Å². The zero-order valence-corrected chi connectivity index (χ0v) is 19.9. The molecule has 2 bridgehead atoms. The molecule has 0 N–H and O–H groups in total. The van der Waals surface area contributed by atoms with Crippen molar-refractivity contribution in [3.8, 4) is 5.75 Å². The van der Waals surface area contributed by atoms with Gasteiger partial charge >= 0.3 is 5.97 Å². The van der Waals surface area contributed by atoms with E-state index < -0.39 is 11.9 Å². The van der Waals surface area contributed by atoms with Crippen molar-refractivity contribution >= 4 is 35.1 Å². The van der Waals surface area contributed by atoms with E-state index in [1.54, 1.807) is 23.1 Å². The quantitative estimate of drug-likeness (QED) is 0.384. The largest absolute Gasteiger partial charge is 0.426 e. The van der Waals surface area contributed by atoms with Crippen LogP contribution in [-0.2, 0) is 19.2 Å². The normalized spacial score (nSPS) is 29.3. The third-order valence-corrected chi connectivity index (χ3v) is 8.42. The predicted molar refractivity (Wildman–Crippen MR) is 129 cm³/mol. The number of para-hydroxylation sites is 1. The molecule has 4 fully saturated rings. The molecule has 7 heteroatoms. The van der Waals surface area contributed by atoms with Crippen LogP contribution in [0.15, 0.2) is 42.5 Å². The highest BCUT2D eigenvalue weighted by Crippen LogP contribution is 2.56. The lowest BCUT2D eigenvalue weighted by Crippen LogP contribution is -2.33. The number of ether oxygens (including phenoxy) is 1. The molecule has 4 aliphatic rings. The number of rotatable bonds is 4. The minimum atomic E-state index is -0.557. The zero-order chi connectivity index (χ0) is 24.4. The van der Waals surface area contributed by atoms with Gasteiger partial charge in [-0.05, 0) is 80.3 Å². The Morgan fingerprint density at radius 1 is 0.886 bits per heavy atom. The SMILES string of the molecule is Cc1ccccc1N1C[C@H](C(=O)Oc2ccc(N3C(=O)[C@@H]4[C@H]5CC[C@@H](C5)[C@H]4C3=O)c(C)c2)CC1=O. The maximum absolute atomic E-state index is 13.2. The van der Waals surface area contributed by atoms with Crippen LogP contribution in [0.4, 0.5) is 11.4 Å². The molecule has 5 atom stereocenters. The number of aryl methyl sites for hydroxylation is 2. The van der Waals surface area contributed by atoms with Gasteiger partial charge in [0.2, 0.25) is 17.7 Å². The van der Waals surface area contributed by atoms with Crippen LogP contribution in [0.1, 0.15) is 36.8 Å². The average molecular weight is 473 g/mol. The van der Waals surface area contributed by atoms with Crippen LogP contribution in [0.5, 0.6) is 5.75 Å². The summed E-state index contributed by atoms with van der Waals surface area (Å²) in [5.74, 6) is -0.610. The summed E-state index contributed by atoms with van der Waals surface area (Å²) in [7, 11) is 0. The van der Waals surface area contributed by atoms with Gasteiger partial charge in [0.1, 0.15) is 5.75 Å². The first kappa shape index (κ1) is 22.0. The molecular formula is C28H28N2O5. The van der Waals surface area contributed by atoms with E-state index >= 15 is 0 Å². The average Bonchev–Trinajstić information content (AvgIpc) is 3.59. The summed E-state index contributed by atoms with van der Waals surface area (Å²) in [6, 6.07) is 12.6. The first-order chi connectivity index (χ1) is 16.8. The first-order valence-corrected chi connectivity index (χ1v) is 12.4. The fraction of sp³-hybridized carbons (Fsp3) is 0.429. The third-order valence-electron chi connectivity index (χ3n) is 8.42. The van der Waals surface area contributed by atoms with Gasteiger partial charge in [0.25, 0.3) is 0 Å². The van der Waals surface area contributed by atoms with E-state index in [9.17, 15) is 19.2 Å². The van der Waals surface area contributed by atoms with Gasteiger partial charge in [0.15, 0.2) is 0 Å². The topological polar surface area (TPSA) is 84.0 Å². The fourth-order valence-electron chi connectivity index (χ4n) is 6.75. The zero-order valence-electron chi connectivity index (χ0n) is 19.9. The number of hydrogen-bond acceptors (Lipinski definition) is 5. The molecule has 0 aromatic heterocycles. The number of amides is 3. The van der Waals surface area contributed by atoms with Crippen molar-refractivity contribution in [3.63, 3.8) is 0 Å². The van der Waals surface area contributed by atoms with Gasteiger partial charge in [-0.1, -0.05) is 18.2 Å². The highest BCUT2D eigenvalue weighted by molar-refractivity contribution is 6.23. The molecule has 0 spiro atoms. The molecule has 6 rings (SSSR count). The fourth-order valence-corrected chi connectivity index (χ4v) is 6.75. The number of fused-ring (bicyclic) bond motifs is 5. The molecule has 2 heterocycles. The summed E-state index contributed by atoms with van der Waals surface area (Å²) in [6.45, 7) is 4.03. The van der Waals surface area contributed by atoms with E-state index in [0.717, 1.165) is 30.5 Å². The van der Waals surface area contributed by atoms with Gasteiger partial charge in [-0.2, -0.15) is 0 Å². The molecular weight excluding hydrogens is 444 g/mol. The van der Waals surface area contributed by atoms with E-state index in [0.29, 0.717) is 28.8 Å². The van der Waals surface area contributed by atoms with Crippen molar-refractivity contribution in [3.05, 3.63) is 53.6 Å². The second-order valence-corrected chi connectivity index (χ2v) is 10.5. The lowest BCUT2D eigenvalue weighted by Gasteiger charge is -2.20. The van der Waals surface area contributed by atoms with Crippen molar-refractivity contribution in [1.82, 2.24) is 0 Å². The summed E-state index contributed by atoms with van der Waals surface area (Å²) in [5, 5.41) is 0. The molecule has 2 aliphatic heterocycles. The Kier molecular flexibility index (Phi) is 5.06. The number of hydrogen-bond donors (Lipinski definition) is 0. The summed E-state index contributed by atoms with van der Waals surface area (Å²) in [5.41, 5.74) is 3.05. The summed E-state index contributed by atoms with van der Waals surface area (Å²) < 4.78 is 5.63. The van der Waals surface area contributed by atoms with Crippen molar-refractivity contribution in [2.45, 2.75) is 39.5 Å². The highest BCUT2D eigenvalue weighted by Gasteiger charge is 2.61. The molecule has 2 aliphatic carbocycles. The van der Waals surface area contributed by atoms with Crippen LogP contribution in [0.3, 0.4) is 0 Å². The smallest absolute Gasteiger partial charge is 0.316 e. The minimum absolute atomic E-state index is 0.0826. The third kappa shape index (κ3) is 3.39. The Morgan fingerprint density at radius 2 is 1.57 bits per heavy atom. The molecule has 7 nitrogen and oxygen atoms in total. The molecule has 2 saturated heterocycles. The number of imide groups is 1. The molecule has 2 saturated carbocycles. The van der Waals surface area contributed by atoms with Gasteiger partial charge < -0.3 is 9.64 Å². The Balaban J connectivity index is 1.16. The number of benzene rings is 2. The number of carbonyl (C=O) groups excluding carboxylic acids is 4. The lowest BCUT2D eigenvalue weighted by atomic mass is 9.81. The van der Waals surface area contributed by atoms with Crippen LogP contribution >= 0.6 is 0 Å². The van der Waals surface area contributed by atoms with Crippen LogP contribution < -0.4 is 14.5 Å². The summed E-state index contributed by atoms with van der Waals surface area (Å²) in [4.78, 5) is 54.8. The first-order valence-electron chi connectivity index (χ1n) is 12.4. The molecule has 0 unspecified atom stereocenters. The van der Waals surface area contributed by atoms with Gasteiger partial charge in [-0.25, -0.2) is 4.90 Å². The Labute approximate surface area is 204 Å². The Bertz CT molecular complexity index is 1240. The molecule has 180 valence electrons. The minimum Gasteiger partial charge on any atom is -0.426 e. The van der Waals surface area contributed by atoms with Crippen LogP contribution in [0, 0.1) is 43.4 Å². The monoisotopic (exact) mass is 472 g/mol. The van der Waals surface area contributed by atoms with Crippen LogP contribution in [0.2, 0.25) is 0 Å². The number of anilines is 2. The summed E-state index contributed by atoms with van der Waals surface area (Å²) >= 11 is 0. The number of carbonyl (C=O) groups is 4. The van der Waals surface area contributed by atoms with Crippen LogP contribution in [0.25, 0.3) is 0 Å². The standard InChI is InChI=1S/C28H28N2O5/c1-15-5-3-4-6-21(15)29-14-19(13-23(29)31)28(34)35-20-9-10-22(16(2)11-20)30-26(32)24-17-7-8-18(12-17)25(24)27(30)33/h3-6,9-11,17-19,24-25H,7-8,12-14H2,1-2H3/t17-,18-,19+,24+,25+/m0/s1. The molecule has 35 heavy (non-hydrogen) atoms. The molecule has 2 aromatic carbocycles. The Hall–Kier alpha value is -3.48. The predicted octanol–water partition coefficient (Wildman–Crippen LogP) is 3.80. The number of nitrogens with zero attached hydrogens (tertiary/aromatic N) is 2. The molecule has 2 aromatic rings. The van der Waals surface area contributed by atoms with Crippen LogP contribution in [-0.4, -0.2) is 30.2 Å².